The zero-order chi connectivity index (χ0) is 16.2. The molecule has 0 N–H and O–H groups in total. The van der Waals surface area contributed by atoms with E-state index in [-0.39, 0.29) is 17.4 Å². The van der Waals surface area contributed by atoms with Crippen LogP contribution in [0.1, 0.15) is 38.2 Å². The van der Waals surface area contributed by atoms with Gasteiger partial charge in [0.05, 0.1) is 6.61 Å². The molecule has 0 spiro atoms. The van der Waals surface area contributed by atoms with E-state index < -0.39 is 23.4 Å². The first-order chi connectivity index (χ1) is 9.65. The number of Topliss-reactive ketones (excluding diaryl/α,β-unsaturated/α-hetero) is 1. The van der Waals surface area contributed by atoms with Crippen molar-refractivity contribution in [3.8, 4) is 0 Å². The number of esters is 1. The summed E-state index contributed by atoms with van der Waals surface area (Å²) in [6.07, 6.45) is -0.591. The van der Waals surface area contributed by atoms with E-state index >= 15 is 0 Å². The van der Waals surface area contributed by atoms with Gasteiger partial charge in [-0.1, -0.05) is 0 Å². The highest BCUT2D eigenvalue weighted by molar-refractivity contribution is 7.14. The lowest BCUT2D eigenvalue weighted by Gasteiger charge is -2.23. The second-order valence-electron chi connectivity index (χ2n) is 5.10. The van der Waals surface area contributed by atoms with Crippen LogP contribution in [0.4, 0.5) is 9.93 Å². The summed E-state index contributed by atoms with van der Waals surface area (Å²) in [6, 6.07) is 0. The number of carbonyl (C=O) groups is 3. The van der Waals surface area contributed by atoms with Crippen molar-refractivity contribution in [1.82, 2.24) is 4.98 Å². The van der Waals surface area contributed by atoms with Crippen LogP contribution < -0.4 is 4.90 Å². The number of amides is 1. The zero-order valence-corrected chi connectivity index (χ0v) is 13.4. The minimum Gasteiger partial charge on any atom is -0.460 e. The Bertz CT molecular complexity index is 547. The minimum atomic E-state index is -0.964. The van der Waals surface area contributed by atoms with Crippen molar-refractivity contribution in [2.24, 2.45) is 0 Å². The highest BCUT2D eigenvalue weighted by atomic mass is 32.1. The summed E-state index contributed by atoms with van der Waals surface area (Å²) >= 11 is 1.06. The number of carbonyl (C=O) groups excluding carboxylic acids is 3. The molecular formula is C13H18N2O5S. The molecule has 0 unspecified atom stereocenters. The number of ether oxygens (including phenoxy) is 2. The van der Waals surface area contributed by atoms with Gasteiger partial charge in [0.1, 0.15) is 11.3 Å². The van der Waals surface area contributed by atoms with Crippen LogP contribution in [0.5, 0.6) is 0 Å². The largest absolute Gasteiger partial charge is 0.460 e. The third kappa shape index (κ3) is 4.82. The molecule has 0 saturated carbocycles. The van der Waals surface area contributed by atoms with Crippen molar-refractivity contribution in [3.63, 3.8) is 0 Å². The Kier molecular flexibility index (Phi) is 5.42. The number of nitrogens with zero attached hydrogens (tertiary/aromatic N) is 2. The van der Waals surface area contributed by atoms with Gasteiger partial charge >= 0.3 is 12.1 Å². The van der Waals surface area contributed by atoms with Gasteiger partial charge in [0.2, 0.25) is 0 Å². The monoisotopic (exact) mass is 314 g/mol. The molecule has 116 valence electrons. The van der Waals surface area contributed by atoms with E-state index in [1.165, 1.54) is 17.3 Å². The van der Waals surface area contributed by atoms with Crippen LogP contribution in [0.3, 0.4) is 0 Å². The lowest BCUT2D eigenvalue weighted by Crippen LogP contribution is -2.34. The minimum absolute atomic E-state index is 0.0520. The van der Waals surface area contributed by atoms with Gasteiger partial charge in [-0.2, -0.15) is 0 Å². The van der Waals surface area contributed by atoms with Crippen molar-refractivity contribution < 1.29 is 23.9 Å². The number of rotatable bonds is 4. The zero-order valence-electron chi connectivity index (χ0n) is 12.6. The lowest BCUT2D eigenvalue weighted by molar-refractivity contribution is -0.137. The molecule has 1 aromatic heterocycles. The molecule has 1 rings (SSSR count). The number of aromatic nitrogens is 1. The average Bonchev–Trinajstić information content (AvgIpc) is 2.84. The van der Waals surface area contributed by atoms with E-state index in [0.29, 0.717) is 0 Å². The summed E-state index contributed by atoms with van der Waals surface area (Å²) in [6.45, 7) is 6.95. The second-order valence-corrected chi connectivity index (χ2v) is 5.94. The molecule has 1 amide bonds. The van der Waals surface area contributed by atoms with Crippen LogP contribution in [0, 0.1) is 0 Å². The van der Waals surface area contributed by atoms with E-state index in [1.807, 2.05) is 0 Å². The van der Waals surface area contributed by atoms with E-state index in [4.69, 9.17) is 4.74 Å². The molecule has 0 atom stereocenters. The normalized spacial score (nSPS) is 10.9. The highest BCUT2D eigenvalue weighted by Gasteiger charge is 2.25. The summed E-state index contributed by atoms with van der Waals surface area (Å²) in [5, 5.41) is 1.66. The maximum Gasteiger partial charge on any atom is 0.416 e. The number of thiazole rings is 1. The lowest BCUT2D eigenvalue weighted by atomic mass is 10.2. The second kappa shape index (κ2) is 6.66. The summed E-state index contributed by atoms with van der Waals surface area (Å²) in [5.41, 5.74) is -0.685. The molecule has 0 bridgehead atoms. The first kappa shape index (κ1) is 17.1. The summed E-state index contributed by atoms with van der Waals surface area (Å²) in [4.78, 5) is 40.0. The average molecular weight is 314 g/mol. The Labute approximate surface area is 126 Å². The number of ketones is 1. The van der Waals surface area contributed by atoms with Crippen molar-refractivity contribution in [1.29, 1.82) is 0 Å². The van der Waals surface area contributed by atoms with Crippen molar-refractivity contribution >= 4 is 34.3 Å². The molecule has 0 aliphatic heterocycles. The molecule has 8 heteroatoms. The summed E-state index contributed by atoms with van der Waals surface area (Å²) in [5.74, 6) is -1.80. The van der Waals surface area contributed by atoms with Crippen molar-refractivity contribution in [2.45, 2.75) is 33.3 Å². The topological polar surface area (TPSA) is 85.8 Å². The molecule has 21 heavy (non-hydrogen) atoms. The fraction of sp³-hybridized carbons (Fsp3) is 0.538. The smallest absolute Gasteiger partial charge is 0.416 e. The Morgan fingerprint density at radius 2 is 1.95 bits per heavy atom. The van der Waals surface area contributed by atoms with Gasteiger partial charge in [-0.05, 0) is 27.7 Å². The van der Waals surface area contributed by atoms with Gasteiger partial charge in [0, 0.05) is 12.4 Å². The van der Waals surface area contributed by atoms with E-state index in [9.17, 15) is 14.4 Å². The Hall–Kier alpha value is -1.96. The van der Waals surface area contributed by atoms with Crippen LogP contribution in [0.15, 0.2) is 5.38 Å². The molecule has 0 radical (unpaired) electrons. The maximum atomic E-state index is 11.9. The van der Waals surface area contributed by atoms with Gasteiger partial charge in [-0.3, -0.25) is 9.69 Å². The first-order valence-electron chi connectivity index (χ1n) is 6.29. The summed E-state index contributed by atoms with van der Waals surface area (Å²) < 4.78 is 9.80. The van der Waals surface area contributed by atoms with Crippen molar-refractivity contribution in [2.75, 3.05) is 18.6 Å². The van der Waals surface area contributed by atoms with Crippen LogP contribution in [0.2, 0.25) is 0 Å². The number of hydrogen-bond donors (Lipinski definition) is 0. The molecule has 0 saturated heterocycles. The first-order valence-corrected chi connectivity index (χ1v) is 7.17. The van der Waals surface area contributed by atoms with Crippen molar-refractivity contribution in [3.05, 3.63) is 11.1 Å². The Morgan fingerprint density at radius 3 is 2.48 bits per heavy atom. The third-order valence-corrected chi connectivity index (χ3v) is 3.06. The molecule has 0 aromatic carbocycles. The SMILES string of the molecule is CCOC(=O)C(=O)c1csc(N(C)C(=O)OC(C)(C)C)n1. The number of anilines is 1. The van der Waals surface area contributed by atoms with Gasteiger partial charge < -0.3 is 9.47 Å². The predicted molar refractivity (Wildman–Crippen MR) is 77.7 cm³/mol. The molecular weight excluding hydrogens is 296 g/mol. The van der Waals surface area contributed by atoms with E-state index in [0.717, 1.165) is 11.3 Å². The molecule has 0 aliphatic carbocycles. The van der Waals surface area contributed by atoms with Gasteiger partial charge in [0.15, 0.2) is 5.13 Å². The van der Waals surface area contributed by atoms with Gasteiger partial charge in [-0.25, -0.2) is 14.6 Å². The summed E-state index contributed by atoms with van der Waals surface area (Å²) in [7, 11) is 1.48. The number of hydrogen-bond acceptors (Lipinski definition) is 7. The van der Waals surface area contributed by atoms with Gasteiger partial charge in [-0.15, -0.1) is 11.3 Å². The Balaban J connectivity index is 2.81. The molecule has 0 aliphatic rings. The fourth-order valence-electron chi connectivity index (χ4n) is 1.23. The highest BCUT2D eigenvalue weighted by Crippen LogP contribution is 2.22. The van der Waals surface area contributed by atoms with Crippen LogP contribution >= 0.6 is 11.3 Å². The fourth-order valence-corrected chi connectivity index (χ4v) is 1.99. The van der Waals surface area contributed by atoms with Crippen LogP contribution in [-0.2, 0) is 14.3 Å². The van der Waals surface area contributed by atoms with E-state index in [2.05, 4.69) is 9.72 Å². The molecule has 1 aromatic rings. The molecule has 0 fully saturated rings. The van der Waals surface area contributed by atoms with Gasteiger partial charge in [0.25, 0.3) is 5.78 Å². The van der Waals surface area contributed by atoms with E-state index in [1.54, 1.807) is 27.7 Å². The third-order valence-electron chi connectivity index (χ3n) is 2.14. The maximum absolute atomic E-state index is 11.9. The van der Waals surface area contributed by atoms with Crippen LogP contribution in [0.25, 0.3) is 0 Å². The standard InChI is InChI=1S/C13H18N2O5S/c1-6-19-10(17)9(16)8-7-21-11(14-8)15(5)12(18)20-13(2,3)4/h7H,6H2,1-5H3. The van der Waals surface area contributed by atoms with Crippen LogP contribution in [-0.4, -0.2) is 42.1 Å². The Morgan fingerprint density at radius 1 is 1.33 bits per heavy atom. The quantitative estimate of drug-likeness (QED) is 0.481. The predicted octanol–water partition coefficient (Wildman–Crippen LogP) is 2.26. The molecule has 7 nitrogen and oxygen atoms in total. The molecule has 1 heterocycles.